The fourth-order valence-corrected chi connectivity index (χ4v) is 1.94. The Labute approximate surface area is 102 Å². The van der Waals surface area contributed by atoms with Crippen molar-refractivity contribution in [2.24, 2.45) is 0 Å². The van der Waals surface area contributed by atoms with Crippen LogP contribution in [0.3, 0.4) is 0 Å². The molecular weight excluding hydrogens is 233 g/mol. The Hall–Kier alpha value is -2.49. The molecule has 1 aliphatic heterocycles. The van der Waals surface area contributed by atoms with Crippen molar-refractivity contribution in [2.75, 3.05) is 4.90 Å². The van der Waals surface area contributed by atoms with Crippen LogP contribution in [-0.2, 0) is 0 Å². The van der Waals surface area contributed by atoms with Gasteiger partial charge in [-0.2, -0.15) is 0 Å². The van der Waals surface area contributed by atoms with Crippen LogP contribution < -0.4 is 4.90 Å². The summed E-state index contributed by atoms with van der Waals surface area (Å²) in [7, 11) is 0. The topological polar surface area (TPSA) is 37.4 Å². The molecule has 3 rings (SSSR count). The predicted octanol–water partition coefficient (Wildman–Crippen LogP) is 2.43. The highest BCUT2D eigenvalue weighted by Crippen LogP contribution is 2.27. The maximum atomic E-state index is 12.8. The SMILES string of the molecule is O=C1c2ccccc2C(=O)N1c1[c]cc(F)cc1. The van der Waals surface area contributed by atoms with Crippen LogP contribution in [0.1, 0.15) is 20.7 Å². The Balaban J connectivity index is 2.09. The molecule has 0 bridgehead atoms. The highest BCUT2D eigenvalue weighted by Gasteiger charge is 2.36. The highest BCUT2D eigenvalue weighted by molar-refractivity contribution is 6.34. The number of hydrogen-bond acceptors (Lipinski definition) is 2. The molecule has 1 radical (unpaired) electrons. The molecule has 0 unspecified atom stereocenters. The van der Waals surface area contributed by atoms with Gasteiger partial charge in [0.05, 0.1) is 16.8 Å². The minimum Gasteiger partial charge on any atom is -0.268 e. The van der Waals surface area contributed by atoms with Crippen LogP contribution in [0, 0.1) is 11.9 Å². The van der Waals surface area contributed by atoms with Gasteiger partial charge in [0.2, 0.25) is 0 Å². The fourth-order valence-electron chi connectivity index (χ4n) is 1.94. The van der Waals surface area contributed by atoms with Crippen LogP contribution in [0.15, 0.2) is 42.5 Å². The number of hydrogen-bond donors (Lipinski definition) is 0. The first-order valence-corrected chi connectivity index (χ1v) is 5.33. The van der Waals surface area contributed by atoms with Crippen LogP contribution in [0.4, 0.5) is 10.1 Å². The van der Waals surface area contributed by atoms with E-state index in [0.29, 0.717) is 11.1 Å². The number of carbonyl (C=O) groups is 2. The molecule has 0 fully saturated rings. The molecule has 87 valence electrons. The van der Waals surface area contributed by atoms with E-state index in [1.165, 1.54) is 12.1 Å². The standard InChI is InChI=1S/C14H7FNO2/c15-9-5-7-10(8-6-9)16-13(17)11-3-1-2-4-12(11)14(16)18/h1-7H. The summed E-state index contributed by atoms with van der Waals surface area (Å²) in [5.74, 6) is -1.27. The lowest BCUT2D eigenvalue weighted by Gasteiger charge is -2.12. The Kier molecular flexibility index (Phi) is 2.23. The van der Waals surface area contributed by atoms with Crippen LogP contribution >= 0.6 is 0 Å². The van der Waals surface area contributed by atoms with Gasteiger partial charge < -0.3 is 0 Å². The molecule has 2 amide bonds. The lowest BCUT2D eigenvalue weighted by molar-refractivity contribution is 0.0926. The molecule has 0 aliphatic carbocycles. The van der Waals surface area contributed by atoms with Gasteiger partial charge in [-0.15, -0.1) is 0 Å². The molecule has 1 aliphatic rings. The van der Waals surface area contributed by atoms with Crippen molar-refractivity contribution in [2.45, 2.75) is 0 Å². The zero-order valence-corrected chi connectivity index (χ0v) is 9.18. The van der Waals surface area contributed by atoms with E-state index in [-0.39, 0.29) is 5.69 Å². The number of halogens is 1. The monoisotopic (exact) mass is 240 g/mol. The average molecular weight is 240 g/mol. The third-order valence-corrected chi connectivity index (χ3v) is 2.79. The summed E-state index contributed by atoms with van der Waals surface area (Å²) < 4.78 is 12.8. The number of imide groups is 1. The van der Waals surface area contributed by atoms with Gasteiger partial charge in [-0.3, -0.25) is 9.59 Å². The first kappa shape index (κ1) is 10.7. The van der Waals surface area contributed by atoms with Crippen molar-refractivity contribution in [1.29, 1.82) is 0 Å². The molecule has 2 aromatic carbocycles. The first-order valence-electron chi connectivity index (χ1n) is 5.33. The molecule has 0 aromatic heterocycles. The van der Waals surface area contributed by atoms with Crippen molar-refractivity contribution in [1.82, 2.24) is 0 Å². The third kappa shape index (κ3) is 1.43. The predicted molar refractivity (Wildman–Crippen MR) is 62.8 cm³/mol. The number of rotatable bonds is 1. The van der Waals surface area contributed by atoms with Crippen molar-refractivity contribution >= 4 is 17.5 Å². The number of nitrogens with zero attached hydrogens (tertiary/aromatic N) is 1. The summed E-state index contributed by atoms with van der Waals surface area (Å²) in [4.78, 5) is 25.2. The zero-order chi connectivity index (χ0) is 12.7. The summed E-state index contributed by atoms with van der Waals surface area (Å²) in [6, 6.07) is 12.8. The number of amides is 2. The second kappa shape index (κ2) is 3.77. The van der Waals surface area contributed by atoms with Gasteiger partial charge in [0, 0.05) is 6.07 Å². The summed E-state index contributed by atoms with van der Waals surface area (Å²) in [5.41, 5.74) is 0.975. The smallest absolute Gasteiger partial charge is 0.266 e. The molecule has 2 aromatic rings. The Morgan fingerprint density at radius 2 is 1.56 bits per heavy atom. The summed E-state index contributed by atoms with van der Waals surface area (Å²) in [6.45, 7) is 0. The molecular formula is C14H7FNO2. The van der Waals surface area contributed by atoms with Gasteiger partial charge in [-0.1, -0.05) is 12.1 Å². The van der Waals surface area contributed by atoms with Crippen LogP contribution in [0.2, 0.25) is 0 Å². The van der Waals surface area contributed by atoms with E-state index in [4.69, 9.17) is 0 Å². The lowest BCUT2D eigenvalue weighted by atomic mass is 10.1. The van der Waals surface area contributed by atoms with Crippen molar-refractivity contribution in [3.05, 3.63) is 65.5 Å². The lowest BCUT2D eigenvalue weighted by Crippen LogP contribution is -2.29. The van der Waals surface area contributed by atoms with Crippen molar-refractivity contribution in [3.63, 3.8) is 0 Å². The van der Waals surface area contributed by atoms with Crippen LogP contribution in [0.25, 0.3) is 0 Å². The van der Waals surface area contributed by atoms with Crippen LogP contribution in [-0.4, -0.2) is 11.8 Å². The quantitative estimate of drug-likeness (QED) is 0.718. The number of fused-ring (bicyclic) bond motifs is 1. The Morgan fingerprint density at radius 1 is 0.944 bits per heavy atom. The zero-order valence-electron chi connectivity index (χ0n) is 9.18. The van der Waals surface area contributed by atoms with Crippen molar-refractivity contribution < 1.29 is 14.0 Å². The van der Waals surface area contributed by atoms with Crippen LogP contribution in [0.5, 0.6) is 0 Å². The fraction of sp³-hybridized carbons (Fsp3) is 0. The summed E-state index contributed by atoms with van der Waals surface area (Å²) >= 11 is 0. The molecule has 0 saturated heterocycles. The normalized spacial score (nSPS) is 13.9. The number of benzene rings is 2. The van der Waals surface area contributed by atoms with E-state index in [1.54, 1.807) is 24.3 Å². The molecule has 0 N–H and O–H groups in total. The average Bonchev–Trinajstić information content (AvgIpc) is 2.64. The number of anilines is 1. The van der Waals surface area contributed by atoms with E-state index in [2.05, 4.69) is 6.07 Å². The number of carbonyl (C=O) groups excluding carboxylic acids is 2. The highest BCUT2D eigenvalue weighted by atomic mass is 19.1. The van der Waals surface area contributed by atoms with E-state index >= 15 is 0 Å². The van der Waals surface area contributed by atoms with Gasteiger partial charge in [-0.25, -0.2) is 9.29 Å². The largest absolute Gasteiger partial charge is 0.268 e. The second-order valence-electron chi connectivity index (χ2n) is 3.88. The minimum absolute atomic E-state index is 0.252. The maximum absolute atomic E-state index is 12.8. The van der Waals surface area contributed by atoms with Crippen molar-refractivity contribution in [3.8, 4) is 0 Å². The van der Waals surface area contributed by atoms with E-state index in [1.807, 2.05) is 0 Å². The minimum atomic E-state index is -0.463. The van der Waals surface area contributed by atoms with E-state index in [0.717, 1.165) is 11.0 Å². The van der Waals surface area contributed by atoms with Gasteiger partial charge in [0.25, 0.3) is 11.8 Å². The van der Waals surface area contributed by atoms with Gasteiger partial charge in [0.15, 0.2) is 0 Å². The van der Waals surface area contributed by atoms with Gasteiger partial charge >= 0.3 is 0 Å². The van der Waals surface area contributed by atoms with Gasteiger partial charge in [-0.05, 0) is 30.3 Å². The second-order valence-corrected chi connectivity index (χ2v) is 3.88. The Morgan fingerprint density at radius 3 is 2.06 bits per heavy atom. The molecule has 0 saturated carbocycles. The maximum Gasteiger partial charge on any atom is 0.266 e. The third-order valence-electron chi connectivity index (χ3n) is 2.79. The Bertz CT molecular complexity index is 614. The van der Waals surface area contributed by atoms with E-state index in [9.17, 15) is 14.0 Å². The first-order chi connectivity index (χ1) is 8.68. The molecule has 1 heterocycles. The molecule has 4 heteroatoms. The summed E-state index contributed by atoms with van der Waals surface area (Å²) in [5, 5.41) is 0. The summed E-state index contributed by atoms with van der Waals surface area (Å²) in [6.07, 6.45) is 0. The van der Waals surface area contributed by atoms with E-state index < -0.39 is 17.6 Å². The molecule has 0 spiro atoms. The molecule has 18 heavy (non-hydrogen) atoms. The molecule has 3 nitrogen and oxygen atoms in total. The van der Waals surface area contributed by atoms with Gasteiger partial charge in [0.1, 0.15) is 5.82 Å². The molecule has 0 atom stereocenters.